The lowest BCUT2D eigenvalue weighted by Crippen LogP contribution is -2.22. The molecule has 0 aromatic heterocycles. The molecule has 1 atom stereocenters. The second-order valence-corrected chi connectivity index (χ2v) is 7.18. The van der Waals surface area contributed by atoms with Gasteiger partial charge in [-0.2, -0.15) is 13.2 Å². The number of benzene rings is 2. The molecule has 0 fully saturated rings. The van der Waals surface area contributed by atoms with Crippen LogP contribution >= 0.6 is 23.4 Å². The first-order valence-electron chi connectivity index (χ1n) is 7.74. The zero-order chi connectivity index (χ0) is 17.3. The standard InChI is InChI=1S/C18H17ClF3NS/c1-2-13(10-19)23-15-8-12(18(20,21)22)9-17-14(15)7-11-5-3-4-6-16(11)24-17/h3-6,8-9,13,23H,2,7,10H2,1H3. The molecule has 2 aromatic rings. The summed E-state index contributed by atoms with van der Waals surface area (Å²) in [6.07, 6.45) is -3.00. The first-order valence-corrected chi connectivity index (χ1v) is 9.09. The number of hydrogen-bond donors (Lipinski definition) is 1. The van der Waals surface area contributed by atoms with Crippen LogP contribution in [0.1, 0.15) is 30.0 Å². The molecule has 24 heavy (non-hydrogen) atoms. The molecule has 1 heterocycles. The summed E-state index contributed by atoms with van der Waals surface area (Å²) in [5, 5.41) is 3.20. The molecule has 1 aliphatic rings. The van der Waals surface area contributed by atoms with Gasteiger partial charge in [0.15, 0.2) is 0 Å². The minimum atomic E-state index is -4.37. The number of alkyl halides is 4. The zero-order valence-corrected chi connectivity index (χ0v) is 14.7. The highest BCUT2D eigenvalue weighted by Gasteiger charge is 2.33. The summed E-state index contributed by atoms with van der Waals surface area (Å²) in [5.74, 6) is 0.352. The molecule has 0 radical (unpaired) electrons. The molecule has 1 unspecified atom stereocenters. The van der Waals surface area contributed by atoms with E-state index >= 15 is 0 Å². The number of halogens is 4. The van der Waals surface area contributed by atoms with Crippen molar-refractivity contribution in [1.82, 2.24) is 0 Å². The van der Waals surface area contributed by atoms with Gasteiger partial charge in [0, 0.05) is 33.8 Å². The van der Waals surface area contributed by atoms with Crippen molar-refractivity contribution in [2.24, 2.45) is 0 Å². The van der Waals surface area contributed by atoms with Gasteiger partial charge in [-0.3, -0.25) is 0 Å². The molecule has 0 spiro atoms. The highest BCUT2D eigenvalue weighted by atomic mass is 35.5. The van der Waals surface area contributed by atoms with Gasteiger partial charge in [-0.05, 0) is 35.7 Å². The minimum Gasteiger partial charge on any atom is -0.381 e. The van der Waals surface area contributed by atoms with Gasteiger partial charge in [0.1, 0.15) is 0 Å². The van der Waals surface area contributed by atoms with Gasteiger partial charge >= 0.3 is 6.18 Å². The van der Waals surface area contributed by atoms with Crippen molar-refractivity contribution in [3.8, 4) is 0 Å². The molecule has 3 rings (SSSR count). The maximum atomic E-state index is 13.3. The maximum absolute atomic E-state index is 13.3. The fraction of sp³-hybridized carbons (Fsp3) is 0.333. The van der Waals surface area contributed by atoms with Crippen molar-refractivity contribution < 1.29 is 13.2 Å². The number of fused-ring (bicyclic) bond motifs is 2. The van der Waals surface area contributed by atoms with Gasteiger partial charge in [-0.25, -0.2) is 0 Å². The molecule has 1 N–H and O–H groups in total. The van der Waals surface area contributed by atoms with Crippen molar-refractivity contribution >= 4 is 29.1 Å². The maximum Gasteiger partial charge on any atom is 0.416 e. The average molecular weight is 372 g/mol. The Hall–Kier alpha value is -1.33. The lowest BCUT2D eigenvalue weighted by atomic mass is 9.99. The molecule has 2 aromatic carbocycles. The van der Waals surface area contributed by atoms with E-state index in [9.17, 15) is 13.2 Å². The van der Waals surface area contributed by atoms with Gasteiger partial charge in [0.2, 0.25) is 0 Å². The highest BCUT2D eigenvalue weighted by molar-refractivity contribution is 7.99. The monoisotopic (exact) mass is 371 g/mol. The van der Waals surface area contributed by atoms with Gasteiger partial charge in [0.05, 0.1) is 5.56 Å². The topological polar surface area (TPSA) is 12.0 Å². The Balaban J connectivity index is 2.07. The van der Waals surface area contributed by atoms with Crippen molar-refractivity contribution in [2.45, 2.75) is 41.8 Å². The van der Waals surface area contributed by atoms with Crippen LogP contribution in [-0.2, 0) is 12.6 Å². The van der Waals surface area contributed by atoms with Gasteiger partial charge in [0.25, 0.3) is 0 Å². The van der Waals surface area contributed by atoms with Crippen molar-refractivity contribution in [1.29, 1.82) is 0 Å². The van der Waals surface area contributed by atoms with Crippen molar-refractivity contribution in [2.75, 3.05) is 11.2 Å². The van der Waals surface area contributed by atoms with E-state index in [4.69, 9.17) is 11.6 Å². The number of rotatable bonds is 4. The summed E-state index contributed by atoms with van der Waals surface area (Å²) < 4.78 is 39.8. The predicted molar refractivity (Wildman–Crippen MR) is 93.2 cm³/mol. The Morgan fingerprint density at radius 1 is 1.21 bits per heavy atom. The zero-order valence-electron chi connectivity index (χ0n) is 13.1. The van der Waals surface area contributed by atoms with Crippen LogP contribution in [0.2, 0.25) is 0 Å². The van der Waals surface area contributed by atoms with E-state index < -0.39 is 11.7 Å². The molecular formula is C18H17ClF3NS. The third-order valence-corrected chi connectivity index (χ3v) is 5.71. The van der Waals surface area contributed by atoms with E-state index in [0.29, 0.717) is 22.9 Å². The van der Waals surface area contributed by atoms with E-state index in [2.05, 4.69) is 5.32 Å². The average Bonchev–Trinajstić information content (AvgIpc) is 2.56. The molecule has 0 saturated carbocycles. The fourth-order valence-corrected chi connectivity index (χ4v) is 4.18. The second-order valence-electron chi connectivity index (χ2n) is 5.79. The molecule has 128 valence electrons. The van der Waals surface area contributed by atoms with Crippen LogP contribution in [0.4, 0.5) is 18.9 Å². The Labute approximate surface area is 148 Å². The second kappa shape index (κ2) is 6.89. The van der Waals surface area contributed by atoms with Gasteiger partial charge in [-0.15, -0.1) is 11.6 Å². The first kappa shape index (κ1) is 17.5. The summed E-state index contributed by atoms with van der Waals surface area (Å²) in [4.78, 5) is 1.68. The molecule has 1 nitrogen and oxygen atoms in total. The Morgan fingerprint density at radius 2 is 1.96 bits per heavy atom. The number of anilines is 1. The first-order chi connectivity index (χ1) is 11.4. The van der Waals surface area contributed by atoms with Crippen LogP contribution in [0.15, 0.2) is 46.2 Å². The largest absolute Gasteiger partial charge is 0.416 e. The molecule has 0 bridgehead atoms. The van der Waals surface area contributed by atoms with Crippen LogP contribution in [0, 0.1) is 0 Å². The summed E-state index contributed by atoms with van der Waals surface area (Å²) in [7, 11) is 0. The summed E-state index contributed by atoms with van der Waals surface area (Å²) in [6, 6.07) is 10.2. The van der Waals surface area contributed by atoms with Crippen LogP contribution in [0.3, 0.4) is 0 Å². The summed E-state index contributed by atoms with van der Waals surface area (Å²) in [5.41, 5.74) is 1.96. The smallest absolute Gasteiger partial charge is 0.381 e. The van der Waals surface area contributed by atoms with Crippen molar-refractivity contribution in [3.63, 3.8) is 0 Å². The van der Waals surface area contributed by atoms with E-state index in [1.165, 1.54) is 23.9 Å². The molecule has 0 aliphatic carbocycles. The quantitative estimate of drug-likeness (QED) is 0.549. The summed E-state index contributed by atoms with van der Waals surface area (Å²) in [6.45, 7) is 1.96. The molecule has 6 heteroatoms. The lowest BCUT2D eigenvalue weighted by molar-refractivity contribution is -0.137. The van der Waals surface area contributed by atoms with E-state index in [-0.39, 0.29) is 6.04 Å². The molecule has 0 saturated heterocycles. The molecular weight excluding hydrogens is 355 g/mol. The SMILES string of the molecule is CCC(CCl)Nc1cc(C(F)(F)F)cc2c1Cc1ccccc1S2. The van der Waals surface area contributed by atoms with Crippen LogP contribution in [-0.4, -0.2) is 11.9 Å². The minimum absolute atomic E-state index is 0.0542. The number of nitrogens with one attached hydrogen (secondary N) is 1. The third-order valence-electron chi connectivity index (χ3n) is 4.13. The van der Waals surface area contributed by atoms with Gasteiger partial charge in [-0.1, -0.05) is 36.9 Å². The Bertz CT molecular complexity index is 742. The molecule has 1 aliphatic heterocycles. The normalized spacial score (nSPS) is 14.7. The highest BCUT2D eigenvalue weighted by Crippen LogP contribution is 2.45. The van der Waals surface area contributed by atoms with Crippen molar-refractivity contribution in [3.05, 3.63) is 53.1 Å². The lowest BCUT2D eigenvalue weighted by Gasteiger charge is -2.26. The Morgan fingerprint density at radius 3 is 2.62 bits per heavy atom. The number of hydrogen-bond acceptors (Lipinski definition) is 2. The van der Waals surface area contributed by atoms with E-state index in [1.807, 2.05) is 31.2 Å². The fourth-order valence-electron chi connectivity index (χ4n) is 2.74. The Kier molecular flexibility index (Phi) is 5.02. The van der Waals surface area contributed by atoms with Crippen LogP contribution in [0.5, 0.6) is 0 Å². The van der Waals surface area contributed by atoms with Crippen LogP contribution in [0.25, 0.3) is 0 Å². The van der Waals surface area contributed by atoms with E-state index in [1.54, 1.807) is 0 Å². The third kappa shape index (κ3) is 3.52. The van der Waals surface area contributed by atoms with Gasteiger partial charge < -0.3 is 5.32 Å². The van der Waals surface area contributed by atoms with Crippen LogP contribution < -0.4 is 5.32 Å². The summed E-state index contributed by atoms with van der Waals surface area (Å²) >= 11 is 7.32. The predicted octanol–water partition coefficient (Wildman–Crippen LogP) is 6.19. The van der Waals surface area contributed by atoms with E-state index in [0.717, 1.165) is 22.4 Å². The molecule has 0 amide bonds.